The van der Waals surface area contributed by atoms with Crippen LogP contribution in [0.5, 0.6) is 0 Å². The van der Waals surface area contributed by atoms with Crippen LogP contribution in [0.3, 0.4) is 0 Å². The number of piperidine rings is 1. The second-order valence-electron chi connectivity index (χ2n) is 5.31. The van der Waals surface area contributed by atoms with Crippen LogP contribution in [0.4, 0.5) is 5.82 Å². The molecule has 1 aliphatic rings. The van der Waals surface area contributed by atoms with Gasteiger partial charge in [-0.2, -0.15) is 0 Å². The van der Waals surface area contributed by atoms with Gasteiger partial charge in [-0.3, -0.25) is 0 Å². The van der Waals surface area contributed by atoms with Crippen molar-refractivity contribution >= 4 is 17.4 Å². The molecule has 1 aromatic rings. The number of nitrogens with one attached hydrogen (secondary N) is 1. The van der Waals surface area contributed by atoms with E-state index in [1.54, 1.807) is 0 Å². The summed E-state index contributed by atoms with van der Waals surface area (Å²) in [4.78, 5) is 7.11. The number of rotatable bonds is 3. The van der Waals surface area contributed by atoms with Gasteiger partial charge in [-0.05, 0) is 44.9 Å². The molecule has 3 nitrogen and oxygen atoms in total. The van der Waals surface area contributed by atoms with Gasteiger partial charge in [0.25, 0.3) is 0 Å². The number of anilines is 1. The van der Waals surface area contributed by atoms with Crippen LogP contribution in [0, 0.1) is 5.92 Å². The summed E-state index contributed by atoms with van der Waals surface area (Å²) in [7, 11) is 1.91. The Labute approximate surface area is 115 Å². The van der Waals surface area contributed by atoms with Crippen molar-refractivity contribution in [1.29, 1.82) is 0 Å². The molecule has 1 aromatic heterocycles. The maximum Gasteiger partial charge on any atom is 0.129 e. The van der Waals surface area contributed by atoms with Gasteiger partial charge in [0.15, 0.2) is 0 Å². The molecule has 1 aliphatic heterocycles. The van der Waals surface area contributed by atoms with Crippen LogP contribution in [-0.4, -0.2) is 24.6 Å². The van der Waals surface area contributed by atoms with Crippen molar-refractivity contribution in [1.82, 2.24) is 10.3 Å². The van der Waals surface area contributed by atoms with Gasteiger partial charge in [-0.25, -0.2) is 4.98 Å². The monoisotopic (exact) mass is 267 g/mol. The van der Waals surface area contributed by atoms with Gasteiger partial charge in [-0.15, -0.1) is 0 Å². The highest BCUT2D eigenvalue weighted by molar-refractivity contribution is 6.31. The number of hydrogen-bond donors (Lipinski definition) is 1. The zero-order valence-corrected chi connectivity index (χ0v) is 12.2. The Bertz CT molecular complexity index is 408. The molecule has 18 heavy (non-hydrogen) atoms. The highest BCUT2D eigenvalue weighted by Crippen LogP contribution is 2.27. The zero-order chi connectivity index (χ0) is 13.1. The molecule has 2 unspecified atom stereocenters. The summed E-state index contributed by atoms with van der Waals surface area (Å²) < 4.78 is 0. The van der Waals surface area contributed by atoms with Crippen LogP contribution in [0.15, 0.2) is 12.1 Å². The van der Waals surface area contributed by atoms with Crippen molar-refractivity contribution in [3.05, 3.63) is 22.8 Å². The molecule has 0 bridgehead atoms. The topological polar surface area (TPSA) is 28.2 Å². The van der Waals surface area contributed by atoms with Gasteiger partial charge in [0, 0.05) is 19.1 Å². The fourth-order valence-corrected chi connectivity index (χ4v) is 2.70. The van der Waals surface area contributed by atoms with Crippen molar-refractivity contribution in [3.8, 4) is 0 Å². The molecule has 2 rings (SSSR count). The van der Waals surface area contributed by atoms with Crippen LogP contribution in [0.2, 0.25) is 5.02 Å². The lowest BCUT2D eigenvalue weighted by molar-refractivity contribution is 0.388. The van der Waals surface area contributed by atoms with E-state index in [-0.39, 0.29) is 0 Å². The molecule has 0 aliphatic carbocycles. The van der Waals surface area contributed by atoms with Crippen molar-refractivity contribution in [2.24, 2.45) is 5.92 Å². The van der Waals surface area contributed by atoms with E-state index in [0.717, 1.165) is 29.0 Å². The van der Waals surface area contributed by atoms with E-state index in [1.807, 2.05) is 19.2 Å². The van der Waals surface area contributed by atoms with Crippen molar-refractivity contribution in [2.75, 3.05) is 18.5 Å². The SMILES string of the molecule is CNCc1nc(N2CC(C)CCC2C)ccc1Cl. The van der Waals surface area contributed by atoms with Gasteiger partial charge in [0.2, 0.25) is 0 Å². The quantitative estimate of drug-likeness (QED) is 0.912. The summed E-state index contributed by atoms with van der Waals surface area (Å²) >= 11 is 6.16. The van der Waals surface area contributed by atoms with Crippen LogP contribution >= 0.6 is 11.6 Å². The van der Waals surface area contributed by atoms with E-state index in [4.69, 9.17) is 16.6 Å². The molecule has 4 heteroatoms. The van der Waals surface area contributed by atoms with Gasteiger partial charge in [0.05, 0.1) is 10.7 Å². The second-order valence-corrected chi connectivity index (χ2v) is 5.72. The standard InChI is InChI=1S/C14H22ClN3/c1-10-4-5-11(2)18(9-10)14-7-6-12(15)13(17-14)8-16-3/h6-7,10-11,16H,4-5,8-9H2,1-3H3. The van der Waals surface area contributed by atoms with E-state index in [0.29, 0.717) is 12.6 Å². The van der Waals surface area contributed by atoms with E-state index >= 15 is 0 Å². The van der Waals surface area contributed by atoms with E-state index in [2.05, 4.69) is 24.1 Å². The Hall–Kier alpha value is -0.800. The van der Waals surface area contributed by atoms with Crippen molar-refractivity contribution < 1.29 is 0 Å². The first kappa shape index (κ1) is 13.6. The molecule has 0 saturated carbocycles. The zero-order valence-electron chi connectivity index (χ0n) is 11.4. The number of nitrogens with zero attached hydrogens (tertiary/aromatic N) is 2. The van der Waals surface area contributed by atoms with Crippen molar-refractivity contribution in [2.45, 2.75) is 39.3 Å². The Kier molecular flexibility index (Phi) is 4.46. The Morgan fingerprint density at radius 2 is 2.17 bits per heavy atom. The van der Waals surface area contributed by atoms with Crippen LogP contribution < -0.4 is 10.2 Å². The number of hydrogen-bond acceptors (Lipinski definition) is 3. The first-order valence-electron chi connectivity index (χ1n) is 6.68. The minimum Gasteiger partial charge on any atom is -0.354 e. The summed E-state index contributed by atoms with van der Waals surface area (Å²) in [6.45, 7) is 6.39. The summed E-state index contributed by atoms with van der Waals surface area (Å²) in [5, 5.41) is 3.85. The lowest BCUT2D eigenvalue weighted by Crippen LogP contribution is -2.41. The third-order valence-corrected chi connectivity index (χ3v) is 4.00. The number of pyridine rings is 1. The molecule has 1 saturated heterocycles. The molecule has 0 radical (unpaired) electrons. The molecule has 0 aromatic carbocycles. The molecular weight excluding hydrogens is 246 g/mol. The third-order valence-electron chi connectivity index (χ3n) is 3.66. The molecular formula is C14H22ClN3. The first-order valence-corrected chi connectivity index (χ1v) is 7.06. The predicted molar refractivity (Wildman–Crippen MR) is 77.2 cm³/mol. The number of halogens is 1. The number of aromatic nitrogens is 1. The predicted octanol–water partition coefficient (Wildman–Crippen LogP) is 3.08. The van der Waals surface area contributed by atoms with E-state index < -0.39 is 0 Å². The molecule has 1 N–H and O–H groups in total. The average Bonchev–Trinajstić information content (AvgIpc) is 2.35. The Morgan fingerprint density at radius 1 is 1.39 bits per heavy atom. The third kappa shape index (κ3) is 2.96. The summed E-state index contributed by atoms with van der Waals surface area (Å²) in [6, 6.07) is 4.57. The summed E-state index contributed by atoms with van der Waals surface area (Å²) in [5.74, 6) is 1.80. The van der Waals surface area contributed by atoms with Gasteiger partial charge in [-0.1, -0.05) is 18.5 Å². The highest BCUT2D eigenvalue weighted by Gasteiger charge is 2.24. The smallest absolute Gasteiger partial charge is 0.129 e. The lowest BCUT2D eigenvalue weighted by Gasteiger charge is -2.38. The van der Waals surface area contributed by atoms with E-state index in [9.17, 15) is 0 Å². The average molecular weight is 268 g/mol. The largest absolute Gasteiger partial charge is 0.354 e. The highest BCUT2D eigenvalue weighted by atomic mass is 35.5. The van der Waals surface area contributed by atoms with Crippen LogP contribution in [-0.2, 0) is 6.54 Å². The van der Waals surface area contributed by atoms with Gasteiger partial charge in [0.1, 0.15) is 5.82 Å². The van der Waals surface area contributed by atoms with Crippen LogP contribution in [0.25, 0.3) is 0 Å². The van der Waals surface area contributed by atoms with Crippen molar-refractivity contribution in [3.63, 3.8) is 0 Å². The molecule has 0 spiro atoms. The summed E-state index contributed by atoms with van der Waals surface area (Å²) in [5.41, 5.74) is 0.932. The Balaban J connectivity index is 2.23. The van der Waals surface area contributed by atoms with E-state index in [1.165, 1.54) is 12.8 Å². The lowest BCUT2D eigenvalue weighted by atomic mass is 9.95. The molecule has 2 atom stereocenters. The fourth-order valence-electron chi connectivity index (χ4n) is 2.53. The second kappa shape index (κ2) is 5.89. The fraction of sp³-hybridized carbons (Fsp3) is 0.643. The summed E-state index contributed by atoms with van der Waals surface area (Å²) in [6.07, 6.45) is 2.56. The Morgan fingerprint density at radius 3 is 2.89 bits per heavy atom. The normalized spacial score (nSPS) is 24.3. The molecule has 2 heterocycles. The first-order chi connectivity index (χ1) is 8.61. The maximum atomic E-state index is 6.16. The maximum absolute atomic E-state index is 6.16. The molecule has 0 amide bonds. The van der Waals surface area contributed by atoms with Gasteiger partial charge < -0.3 is 10.2 Å². The molecule has 1 fully saturated rings. The van der Waals surface area contributed by atoms with Crippen LogP contribution in [0.1, 0.15) is 32.4 Å². The minimum atomic E-state index is 0.567. The molecule has 100 valence electrons. The minimum absolute atomic E-state index is 0.567. The van der Waals surface area contributed by atoms with Gasteiger partial charge >= 0.3 is 0 Å².